The number of amides is 1. The normalized spacial score (nSPS) is 15.2. The van der Waals surface area contributed by atoms with E-state index in [9.17, 15) is 14.7 Å². The van der Waals surface area contributed by atoms with Crippen molar-refractivity contribution in [2.75, 3.05) is 33.4 Å². The van der Waals surface area contributed by atoms with E-state index in [-0.39, 0.29) is 30.5 Å². The van der Waals surface area contributed by atoms with Gasteiger partial charge in [-0.25, -0.2) is 0 Å². The molecule has 1 fully saturated rings. The summed E-state index contributed by atoms with van der Waals surface area (Å²) in [5, 5.41) is 11.4. The van der Waals surface area contributed by atoms with Crippen molar-refractivity contribution in [3.05, 3.63) is 69.9 Å². The van der Waals surface area contributed by atoms with Gasteiger partial charge in [0.1, 0.15) is 12.4 Å². The number of rotatable bonds is 6. The molecular formula is C23H24N2O6. The van der Waals surface area contributed by atoms with Crippen molar-refractivity contribution in [2.24, 2.45) is 0 Å². The maximum atomic E-state index is 13.1. The van der Waals surface area contributed by atoms with Crippen LogP contribution < -0.4 is 5.43 Å². The lowest BCUT2D eigenvalue weighted by molar-refractivity contribution is -0.135. The molecule has 8 nitrogen and oxygen atoms in total. The summed E-state index contributed by atoms with van der Waals surface area (Å²) >= 11 is 0. The number of benzene rings is 1. The number of carbonyl (C=O) groups excluding carboxylic acids is 1. The average molecular weight is 424 g/mol. The van der Waals surface area contributed by atoms with Crippen LogP contribution in [0.4, 0.5) is 0 Å². The minimum atomic E-state index is -0.649. The fraction of sp³-hybridized carbons (Fsp3) is 0.348. The number of fused-ring (bicyclic) bond motifs is 1. The smallest absolute Gasteiger partial charge is 0.227 e. The number of nitrogens with zero attached hydrogens (tertiary/aromatic N) is 2. The van der Waals surface area contributed by atoms with Crippen LogP contribution in [0.3, 0.4) is 0 Å². The average Bonchev–Trinajstić information content (AvgIpc) is 2.80. The van der Waals surface area contributed by atoms with Crippen molar-refractivity contribution in [1.82, 2.24) is 9.88 Å². The Hall–Kier alpha value is -3.23. The fourth-order valence-electron chi connectivity index (χ4n) is 3.79. The molecule has 0 radical (unpaired) electrons. The van der Waals surface area contributed by atoms with E-state index in [1.54, 1.807) is 11.1 Å². The van der Waals surface area contributed by atoms with E-state index in [1.807, 2.05) is 30.3 Å². The second-order valence-corrected chi connectivity index (χ2v) is 7.43. The van der Waals surface area contributed by atoms with Gasteiger partial charge in [-0.15, -0.1) is 0 Å². The molecule has 0 aliphatic carbocycles. The number of ether oxygens (including phenoxy) is 2. The summed E-state index contributed by atoms with van der Waals surface area (Å²) in [5.41, 5.74) is 0.984. The van der Waals surface area contributed by atoms with Crippen LogP contribution in [0.15, 0.2) is 51.8 Å². The van der Waals surface area contributed by atoms with Crippen LogP contribution in [-0.2, 0) is 20.9 Å². The second-order valence-electron chi connectivity index (χ2n) is 7.43. The second kappa shape index (κ2) is 9.28. The molecule has 1 aliphatic heterocycles. The van der Waals surface area contributed by atoms with Crippen LogP contribution in [0.2, 0.25) is 0 Å². The monoisotopic (exact) mass is 424 g/mol. The third kappa shape index (κ3) is 4.60. The molecule has 0 spiro atoms. The van der Waals surface area contributed by atoms with Crippen molar-refractivity contribution < 1.29 is 23.8 Å². The molecule has 0 unspecified atom stereocenters. The SMILES string of the molecule is COCc1cc(=O)c(O)c([C@H](CC(=O)N2CCOCC2)c2ccc3ncccc3c2)o1. The van der Waals surface area contributed by atoms with E-state index < -0.39 is 17.1 Å². The highest BCUT2D eigenvalue weighted by molar-refractivity contribution is 5.81. The van der Waals surface area contributed by atoms with Gasteiger partial charge < -0.3 is 23.9 Å². The fourth-order valence-corrected chi connectivity index (χ4v) is 3.79. The lowest BCUT2D eigenvalue weighted by atomic mass is 9.90. The molecule has 31 heavy (non-hydrogen) atoms. The molecule has 0 saturated carbocycles. The summed E-state index contributed by atoms with van der Waals surface area (Å²) in [6.45, 7) is 2.07. The summed E-state index contributed by atoms with van der Waals surface area (Å²) in [5.74, 6) is -0.898. The van der Waals surface area contributed by atoms with Crippen LogP contribution in [0.25, 0.3) is 10.9 Å². The first kappa shape index (κ1) is 21.0. The lowest BCUT2D eigenvalue weighted by Crippen LogP contribution is -2.41. The predicted molar refractivity (Wildman–Crippen MR) is 113 cm³/mol. The van der Waals surface area contributed by atoms with Crippen LogP contribution in [-0.4, -0.2) is 54.3 Å². The Kier molecular flexibility index (Phi) is 6.29. The van der Waals surface area contributed by atoms with Crippen LogP contribution in [0.5, 0.6) is 5.75 Å². The van der Waals surface area contributed by atoms with Gasteiger partial charge in [0.2, 0.25) is 17.1 Å². The Morgan fingerprint density at radius 1 is 1.26 bits per heavy atom. The van der Waals surface area contributed by atoms with E-state index in [4.69, 9.17) is 13.9 Å². The van der Waals surface area contributed by atoms with Gasteiger partial charge in [0.15, 0.2) is 5.76 Å². The van der Waals surface area contributed by atoms with Crippen molar-refractivity contribution in [1.29, 1.82) is 0 Å². The van der Waals surface area contributed by atoms with Gasteiger partial charge >= 0.3 is 0 Å². The highest BCUT2D eigenvalue weighted by atomic mass is 16.5. The Labute approximate surface area is 179 Å². The standard InChI is InChI=1S/C23H24N2O6/c1-29-14-17-12-20(26)22(28)23(31-17)18(13-21(27)25-7-9-30-10-8-25)15-4-5-19-16(11-15)3-2-6-24-19/h2-6,11-12,18,28H,7-10,13-14H2,1H3/t18-/m1/s1. The summed E-state index contributed by atoms with van der Waals surface area (Å²) in [7, 11) is 1.49. The van der Waals surface area contributed by atoms with E-state index in [1.165, 1.54) is 13.2 Å². The van der Waals surface area contributed by atoms with Crippen molar-refractivity contribution in [2.45, 2.75) is 18.9 Å². The third-order valence-electron chi connectivity index (χ3n) is 5.37. The molecule has 1 atom stereocenters. The minimum absolute atomic E-state index is 0.0404. The zero-order valence-electron chi connectivity index (χ0n) is 17.2. The summed E-state index contributed by atoms with van der Waals surface area (Å²) in [6, 6.07) is 10.6. The minimum Gasteiger partial charge on any atom is -0.502 e. The molecule has 0 bridgehead atoms. The number of aromatic hydroxyl groups is 1. The molecule has 8 heteroatoms. The highest BCUT2D eigenvalue weighted by Gasteiger charge is 2.29. The molecule has 1 saturated heterocycles. The molecule has 1 amide bonds. The Balaban J connectivity index is 1.78. The van der Waals surface area contributed by atoms with Gasteiger partial charge in [-0.1, -0.05) is 12.1 Å². The van der Waals surface area contributed by atoms with Crippen molar-refractivity contribution in [3.63, 3.8) is 0 Å². The Morgan fingerprint density at radius 3 is 2.84 bits per heavy atom. The zero-order chi connectivity index (χ0) is 21.8. The van der Waals surface area contributed by atoms with Gasteiger partial charge in [0.25, 0.3) is 0 Å². The number of morpholine rings is 1. The maximum Gasteiger partial charge on any atom is 0.227 e. The highest BCUT2D eigenvalue weighted by Crippen LogP contribution is 2.35. The third-order valence-corrected chi connectivity index (χ3v) is 5.37. The molecule has 3 aromatic rings. The first-order chi connectivity index (χ1) is 15.1. The predicted octanol–water partition coefficient (Wildman–Crippen LogP) is 2.42. The summed E-state index contributed by atoms with van der Waals surface area (Å²) < 4.78 is 16.3. The Bertz CT molecular complexity index is 1140. The van der Waals surface area contributed by atoms with E-state index in [0.717, 1.165) is 16.5 Å². The zero-order valence-corrected chi connectivity index (χ0v) is 17.2. The summed E-state index contributed by atoms with van der Waals surface area (Å²) in [4.78, 5) is 31.5. The maximum absolute atomic E-state index is 13.1. The van der Waals surface area contributed by atoms with Gasteiger partial charge in [-0.05, 0) is 23.8 Å². The van der Waals surface area contributed by atoms with Crippen LogP contribution >= 0.6 is 0 Å². The van der Waals surface area contributed by atoms with Gasteiger partial charge in [0.05, 0.1) is 24.6 Å². The molecular weight excluding hydrogens is 400 g/mol. The number of pyridine rings is 1. The van der Waals surface area contributed by atoms with Gasteiger partial charge in [-0.2, -0.15) is 0 Å². The van der Waals surface area contributed by atoms with Crippen molar-refractivity contribution >= 4 is 16.8 Å². The molecule has 1 aliphatic rings. The largest absolute Gasteiger partial charge is 0.502 e. The first-order valence-corrected chi connectivity index (χ1v) is 10.1. The number of hydrogen-bond acceptors (Lipinski definition) is 7. The Morgan fingerprint density at radius 2 is 2.06 bits per heavy atom. The number of methoxy groups -OCH3 is 1. The number of aromatic nitrogens is 1. The molecule has 4 rings (SSSR count). The quantitative estimate of drug-likeness (QED) is 0.648. The topological polar surface area (TPSA) is 102 Å². The van der Waals surface area contributed by atoms with E-state index in [0.29, 0.717) is 26.3 Å². The molecule has 2 aromatic heterocycles. The summed E-state index contributed by atoms with van der Waals surface area (Å²) in [6.07, 6.45) is 1.75. The van der Waals surface area contributed by atoms with Gasteiger partial charge in [0, 0.05) is 44.3 Å². The number of hydrogen-bond donors (Lipinski definition) is 1. The number of carbonyl (C=O) groups is 1. The van der Waals surface area contributed by atoms with Gasteiger partial charge in [-0.3, -0.25) is 14.6 Å². The first-order valence-electron chi connectivity index (χ1n) is 10.1. The molecule has 1 aromatic carbocycles. The molecule has 162 valence electrons. The molecule has 1 N–H and O–H groups in total. The molecule has 3 heterocycles. The van der Waals surface area contributed by atoms with E-state index in [2.05, 4.69) is 4.98 Å². The van der Waals surface area contributed by atoms with Crippen LogP contribution in [0.1, 0.15) is 29.4 Å². The van der Waals surface area contributed by atoms with E-state index >= 15 is 0 Å². The lowest BCUT2D eigenvalue weighted by Gasteiger charge is -2.28. The van der Waals surface area contributed by atoms with Crippen molar-refractivity contribution in [3.8, 4) is 5.75 Å². The van der Waals surface area contributed by atoms with Crippen LogP contribution in [0, 0.1) is 0 Å².